The van der Waals surface area contributed by atoms with Crippen LogP contribution in [0.1, 0.15) is 38.8 Å². The Bertz CT molecular complexity index is 426. The third-order valence-electron chi connectivity index (χ3n) is 3.28. The van der Waals surface area contributed by atoms with Gasteiger partial charge in [0.1, 0.15) is 6.17 Å². The summed E-state index contributed by atoms with van der Waals surface area (Å²) >= 11 is 0. The number of benzene rings is 1. The van der Waals surface area contributed by atoms with Gasteiger partial charge in [0.05, 0.1) is 0 Å². The highest BCUT2D eigenvalue weighted by Gasteiger charge is 2.21. The highest BCUT2D eigenvalue weighted by atomic mass is 15.5. The zero-order valence-electron chi connectivity index (χ0n) is 11.3. The Morgan fingerprint density at radius 1 is 1.18 bits per heavy atom. The Balaban J connectivity index is 2.25. The maximum absolute atomic E-state index is 4.35. The molecule has 1 aliphatic heterocycles. The Labute approximate surface area is 104 Å². The van der Waals surface area contributed by atoms with Crippen LogP contribution in [0.2, 0.25) is 0 Å². The topological polar surface area (TPSA) is 27.6 Å². The fourth-order valence-electron chi connectivity index (χ4n) is 1.89. The molecule has 3 heteroatoms. The van der Waals surface area contributed by atoms with Crippen LogP contribution in [0, 0.1) is 0 Å². The first-order valence-corrected chi connectivity index (χ1v) is 6.06. The van der Waals surface area contributed by atoms with Crippen LogP contribution in [0.25, 0.3) is 0 Å². The molecule has 3 nitrogen and oxygen atoms in total. The van der Waals surface area contributed by atoms with E-state index in [0.717, 1.165) is 11.4 Å². The number of hydrogen-bond donors (Lipinski definition) is 1. The fourth-order valence-corrected chi connectivity index (χ4v) is 1.89. The summed E-state index contributed by atoms with van der Waals surface area (Å²) < 4.78 is 0. The lowest BCUT2D eigenvalue weighted by molar-refractivity contribution is 0.376. The van der Waals surface area contributed by atoms with Crippen molar-refractivity contribution in [3.8, 4) is 0 Å². The van der Waals surface area contributed by atoms with E-state index in [0.29, 0.717) is 0 Å². The van der Waals surface area contributed by atoms with Crippen molar-refractivity contribution in [3.05, 3.63) is 35.4 Å². The number of rotatable bonds is 1. The van der Waals surface area contributed by atoms with Gasteiger partial charge in [-0.05, 0) is 17.9 Å². The van der Waals surface area contributed by atoms with Crippen LogP contribution in [-0.4, -0.2) is 23.9 Å². The fraction of sp³-hybridized carbons (Fsp3) is 0.500. The molecule has 0 fully saturated rings. The van der Waals surface area contributed by atoms with Gasteiger partial charge in [-0.25, -0.2) is 0 Å². The largest absolute Gasteiger partial charge is 0.336 e. The van der Waals surface area contributed by atoms with E-state index in [1.54, 1.807) is 0 Å². The summed E-state index contributed by atoms with van der Waals surface area (Å²) in [6.45, 7) is 8.78. The molecule has 1 aliphatic rings. The average Bonchev–Trinajstić information content (AvgIpc) is 2.59. The molecule has 0 saturated carbocycles. The van der Waals surface area contributed by atoms with E-state index in [-0.39, 0.29) is 11.6 Å². The molecule has 0 bridgehead atoms. The van der Waals surface area contributed by atoms with E-state index < -0.39 is 0 Å². The van der Waals surface area contributed by atoms with Crippen LogP contribution in [0.15, 0.2) is 29.4 Å². The number of amidine groups is 1. The molecule has 1 unspecified atom stereocenters. The van der Waals surface area contributed by atoms with Gasteiger partial charge in [-0.3, -0.25) is 5.43 Å². The lowest BCUT2D eigenvalue weighted by Gasteiger charge is -2.21. The van der Waals surface area contributed by atoms with Gasteiger partial charge in [-0.2, -0.15) is 5.10 Å². The summed E-state index contributed by atoms with van der Waals surface area (Å²) in [4.78, 5) is 2.14. The minimum Gasteiger partial charge on any atom is -0.336 e. The van der Waals surface area contributed by atoms with Gasteiger partial charge in [0, 0.05) is 12.6 Å². The zero-order valence-corrected chi connectivity index (χ0v) is 11.3. The molecule has 92 valence electrons. The summed E-state index contributed by atoms with van der Waals surface area (Å²) in [7, 11) is 2.06. The predicted molar refractivity (Wildman–Crippen MR) is 72.0 cm³/mol. The van der Waals surface area contributed by atoms with Crippen molar-refractivity contribution in [3.63, 3.8) is 0 Å². The second-order valence-electron chi connectivity index (χ2n) is 5.68. The van der Waals surface area contributed by atoms with E-state index in [4.69, 9.17) is 0 Å². The van der Waals surface area contributed by atoms with Crippen LogP contribution >= 0.6 is 0 Å². The Morgan fingerprint density at radius 3 is 2.18 bits per heavy atom. The van der Waals surface area contributed by atoms with Gasteiger partial charge in [0.2, 0.25) is 0 Å². The predicted octanol–water partition coefficient (Wildman–Crippen LogP) is 2.53. The van der Waals surface area contributed by atoms with Crippen molar-refractivity contribution >= 4 is 5.84 Å². The maximum atomic E-state index is 4.35. The van der Waals surface area contributed by atoms with Crippen molar-refractivity contribution in [2.75, 3.05) is 7.05 Å². The molecule has 1 atom stereocenters. The molecule has 1 heterocycles. The minimum atomic E-state index is 0.202. The monoisotopic (exact) mass is 231 g/mol. The third-order valence-corrected chi connectivity index (χ3v) is 3.28. The smallest absolute Gasteiger partial charge is 0.157 e. The standard InChI is InChI=1S/C14H21N3/c1-10-15-16-13(17(10)5)11-6-8-12(9-7-11)14(2,3)4/h6-10,15H,1-5H3. The molecule has 1 aromatic rings. The number of hydrazone groups is 1. The molecule has 17 heavy (non-hydrogen) atoms. The molecular formula is C14H21N3. The van der Waals surface area contributed by atoms with E-state index in [1.807, 2.05) is 0 Å². The van der Waals surface area contributed by atoms with E-state index in [2.05, 4.69) is 74.4 Å². The van der Waals surface area contributed by atoms with Gasteiger partial charge in [-0.1, -0.05) is 45.0 Å². The van der Waals surface area contributed by atoms with Gasteiger partial charge in [0.15, 0.2) is 5.84 Å². The molecular weight excluding hydrogens is 210 g/mol. The minimum absolute atomic E-state index is 0.202. The third kappa shape index (κ3) is 2.28. The van der Waals surface area contributed by atoms with Crippen LogP contribution in [-0.2, 0) is 5.41 Å². The summed E-state index contributed by atoms with van der Waals surface area (Å²) in [6, 6.07) is 8.68. The quantitative estimate of drug-likeness (QED) is 0.804. The molecule has 0 radical (unpaired) electrons. The molecule has 0 saturated heterocycles. The zero-order chi connectivity index (χ0) is 12.6. The summed E-state index contributed by atoms with van der Waals surface area (Å²) in [6.07, 6.45) is 0.271. The molecule has 0 aliphatic carbocycles. The molecule has 0 amide bonds. The normalized spacial score (nSPS) is 20.2. The van der Waals surface area contributed by atoms with Crippen LogP contribution in [0.5, 0.6) is 0 Å². The second-order valence-corrected chi connectivity index (χ2v) is 5.68. The van der Waals surface area contributed by atoms with Gasteiger partial charge >= 0.3 is 0 Å². The Kier molecular flexibility index (Phi) is 2.86. The van der Waals surface area contributed by atoms with Crippen molar-refractivity contribution in [2.45, 2.75) is 39.3 Å². The highest BCUT2D eigenvalue weighted by Crippen LogP contribution is 2.23. The number of nitrogens with zero attached hydrogens (tertiary/aromatic N) is 2. The van der Waals surface area contributed by atoms with Crippen molar-refractivity contribution in [1.29, 1.82) is 0 Å². The summed E-state index contributed by atoms with van der Waals surface area (Å²) in [5, 5.41) is 4.35. The Morgan fingerprint density at radius 2 is 1.76 bits per heavy atom. The average molecular weight is 231 g/mol. The first-order chi connectivity index (χ1) is 7.89. The molecule has 0 spiro atoms. The summed E-state index contributed by atoms with van der Waals surface area (Å²) in [5.41, 5.74) is 5.79. The highest BCUT2D eigenvalue weighted by molar-refractivity contribution is 5.99. The second kappa shape index (κ2) is 4.06. The SMILES string of the molecule is CC1NN=C(c2ccc(C(C)(C)C)cc2)N1C. The molecule has 1 N–H and O–H groups in total. The Hall–Kier alpha value is -1.51. The van der Waals surface area contributed by atoms with Gasteiger partial charge in [-0.15, -0.1) is 0 Å². The number of hydrogen-bond acceptors (Lipinski definition) is 3. The number of nitrogens with one attached hydrogen (secondary N) is 1. The van der Waals surface area contributed by atoms with Gasteiger partial charge in [0.25, 0.3) is 0 Å². The van der Waals surface area contributed by atoms with Gasteiger partial charge < -0.3 is 4.90 Å². The maximum Gasteiger partial charge on any atom is 0.157 e. The molecule has 1 aromatic carbocycles. The van der Waals surface area contributed by atoms with E-state index in [9.17, 15) is 0 Å². The lowest BCUT2D eigenvalue weighted by Crippen LogP contribution is -2.34. The van der Waals surface area contributed by atoms with Crippen molar-refractivity contribution in [1.82, 2.24) is 10.3 Å². The first-order valence-electron chi connectivity index (χ1n) is 6.06. The van der Waals surface area contributed by atoms with Crippen molar-refractivity contribution in [2.24, 2.45) is 5.10 Å². The van der Waals surface area contributed by atoms with Crippen LogP contribution < -0.4 is 5.43 Å². The van der Waals surface area contributed by atoms with Crippen LogP contribution in [0.3, 0.4) is 0 Å². The summed E-state index contributed by atoms with van der Waals surface area (Å²) in [5.74, 6) is 1.01. The van der Waals surface area contributed by atoms with Crippen LogP contribution in [0.4, 0.5) is 0 Å². The molecule has 2 rings (SSSR count). The lowest BCUT2D eigenvalue weighted by atomic mass is 9.86. The van der Waals surface area contributed by atoms with Crippen molar-refractivity contribution < 1.29 is 0 Å². The van der Waals surface area contributed by atoms with E-state index >= 15 is 0 Å². The molecule has 0 aromatic heterocycles. The van der Waals surface area contributed by atoms with E-state index in [1.165, 1.54) is 5.56 Å². The first kappa shape index (κ1) is 12.0.